The van der Waals surface area contributed by atoms with E-state index in [1.807, 2.05) is 0 Å². The summed E-state index contributed by atoms with van der Waals surface area (Å²) in [6.07, 6.45) is -4.08. The van der Waals surface area contributed by atoms with Crippen LogP contribution in [0.15, 0.2) is 12.2 Å². The first kappa shape index (κ1) is 30.5. The number of hydrogen-bond donors (Lipinski definition) is 1. The highest BCUT2D eigenvalue weighted by Gasteiger charge is 2.75. The minimum atomic E-state index is -2.17. The number of ether oxygens (including phenoxy) is 5. The Morgan fingerprint density at radius 3 is 2.08 bits per heavy atom. The maximum absolute atomic E-state index is 13.7. The van der Waals surface area contributed by atoms with E-state index in [-0.39, 0.29) is 18.6 Å². The van der Waals surface area contributed by atoms with Crippen molar-refractivity contribution >= 4 is 41.3 Å². The molecular weight excluding hydrogens is 548 g/mol. The number of epoxide rings is 1. The normalized spacial score (nSPS) is 44.5. The molecule has 4 aliphatic rings. The van der Waals surface area contributed by atoms with Gasteiger partial charge in [0.2, 0.25) is 0 Å². The molecule has 0 unspecified atom stereocenters. The number of Topliss-reactive ketones (excluding diaryl/α,β-unsaturated/α-hetero) is 1. The molecule has 2 aliphatic heterocycles. The minimum absolute atomic E-state index is 0.0842. The smallest absolute Gasteiger partial charge is 0.312 e. The lowest BCUT2D eigenvalue weighted by molar-refractivity contribution is -0.222. The first-order chi connectivity index (χ1) is 18.5. The second kappa shape index (κ2) is 10.4. The predicted octanol–water partition coefficient (Wildman–Crippen LogP) is 2.03. The van der Waals surface area contributed by atoms with E-state index < -0.39 is 93.8 Å². The number of rotatable bonds is 4. The molecule has 12 heteroatoms. The third-order valence-corrected chi connectivity index (χ3v) is 9.88. The van der Waals surface area contributed by atoms with Gasteiger partial charge in [-0.1, -0.05) is 13.5 Å². The molecule has 11 atom stereocenters. The quantitative estimate of drug-likeness (QED) is 0.170. The van der Waals surface area contributed by atoms with Gasteiger partial charge in [0.15, 0.2) is 6.10 Å². The molecule has 0 radical (unpaired) electrons. The summed E-state index contributed by atoms with van der Waals surface area (Å²) in [5.74, 6) is -6.63. The van der Waals surface area contributed by atoms with Gasteiger partial charge in [0.25, 0.3) is 0 Å². The van der Waals surface area contributed by atoms with E-state index in [2.05, 4.69) is 6.58 Å². The van der Waals surface area contributed by atoms with Gasteiger partial charge in [-0.05, 0) is 32.3 Å². The van der Waals surface area contributed by atoms with Crippen molar-refractivity contribution in [3.05, 3.63) is 12.2 Å². The van der Waals surface area contributed by atoms with Crippen molar-refractivity contribution in [1.82, 2.24) is 0 Å². The molecule has 0 aromatic heterocycles. The van der Waals surface area contributed by atoms with E-state index in [9.17, 15) is 29.1 Å². The largest absolute Gasteiger partial charge is 0.462 e. The number of ketones is 1. The topological polar surface area (TPSA) is 155 Å². The van der Waals surface area contributed by atoms with Gasteiger partial charge < -0.3 is 28.8 Å². The van der Waals surface area contributed by atoms with Crippen molar-refractivity contribution in [3.8, 4) is 0 Å². The predicted molar refractivity (Wildman–Crippen MR) is 138 cm³/mol. The molecular formula is C28H37ClO11. The van der Waals surface area contributed by atoms with Crippen LogP contribution in [0.1, 0.15) is 60.8 Å². The molecule has 4 rings (SSSR count). The van der Waals surface area contributed by atoms with Crippen molar-refractivity contribution in [1.29, 1.82) is 0 Å². The number of fused-ring (bicyclic) bond motifs is 3. The van der Waals surface area contributed by atoms with Gasteiger partial charge in [-0.15, -0.1) is 11.6 Å². The fraction of sp³-hybridized carbons (Fsp3) is 0.750. The van der Waals surface area contributed by atoms with Crippen LogP contribution in [0.5, 0.6) is 0 Å². The molecule has 2 saturated heterocycles. The SMILES string of the molecule is C=C1[C@H](OC(C)=O)C[C@H](OC(C)=O)[C@@]2(C)[C@@H](OC(C)=O)CC[C@]3(CO3)[C@@H]2[C@H](C(C)=O)[C@]2(O)[C@@H](C)C(=O)O[C@H]2[C@H]1Cl. The van der Waals surface area contributed by atoms with Crippen LogP contribution in [0.3, 0.4) is 0 Å². The molecule has 11 nitrogen and oxygen atoms in total. The first-order valence-corrected chi connectivity index (χ1v) is 13.9. The first-order valence-electron chi connectivity index (χ1n) is 13.4. The van der Waals surface area contributed by atoms with E-state index in [0.717, 1.165) is 0 Å². The third kappa shape index (κ3) is 4.73. The lowest BCUT2D eigenvalue weighted by atomic mass is 9.49. The monoisotopic (exact) mass is 584 g/mol. The summed E-state index contributed by atoms with van der Waals surface area (Å²) in [7, 11) is 0. The van der Waals surface area contributed by atoms with Crippen LogP contribution < -0.4 is 0 Å². The fourth-order valence-corrected chi connectivity index (χ4v) is 7.87. The Bertz CT molecular complexity index is 1130. The Balaban J connectivity index is 2.06. The van der Waals surface area contributed by atoms with Gasteiger partial charge in [-0.2, -0.15) is 0 Å². The van der Waals surface area contributed by atoms with Gasteiger partial charge in [0, 0.05) is 38.5 Å². The van der Waals surface area contributed by atoms with Gasteiger partial charge in [-0.25, -0.2) is 0 Å². The molecule has 222 valence electrons. The Hall–Kier alpha value is -2.50. The zero-order chi connectivity index (χ0) is 29.9. The van der Waals surface area contributed by atoms with Gasteiger partial charge >= 0.3 is 23.9 Å². The van der Waals surface area contributed by atoms with E-state index >= 15 is 0 Å². The standard InChI is InChI=1S/C28H37ClO11/c1-12-18(37-15(4)31)10-20(39-17(6)33)26(7)19(38-16(5)32)8-9-27(11-36-27)23(26)21(14(3)30)28(35)13(2)25(34)40-24(28)22(12)29/h13,18-24,35H,1,8-11H2,2-7H3/t13-,18+,19-,20-,21-,22-,23+,24-,26+,27-,28+/m0/s1. The molecule has 4 fully saturated rings. The summed E-state index contributed by atoms with van der Waals surface area (Å²) in [6.45, 7) is 12.4. The Kier molecular flexibility index (Phi) is 7.92. The zero-order valence-corrected chi connectivity index (χ0v) is 24.3. The van der Waals surface area contributed by atoms with Crippen molar-refractivity contribution in [2.24, 2.45) is 23.2 Å². The summed E-state index contributed by atoms with van der Waals surface area (Å²) in [5.41, 5.74) is -4.41. The van der Waals surface area contributed by atoms with E-state index in [1.165, 1.54) is 34.6 Å². The van der Waals surface area contributed by atoms with Crippen LogP contribution in [0.25, 0.3) is 0 Å². The molecule has 40 heavy (non-hydrogen) atoms. The minimum Gasteiger partial charge on any atom is -0.462 e. The van der Waals surface area contributed by atoms with Crippen molar-refractivity contribution in [2.75, 3.05) is 6.61 Å². The van der Waals surface area contributed by atoms with Crippen molar-refractivity contribution in [2.45, 2.75) is 102 Å². The number of esters is 4. The second-order valence-electron chi connectivity index (χ2n) is 11.8. The van der Waals surface area contributed by atoms with Crippen LogP contribution in [-0.4, -0.2) is 82.4 Å². The molecule has 0 bridgehead atoms. The molecule has 0 amide bonds. The average Bonchev–Trinajstić information content (AvgIpc) is 3.58. The number of aliphatic hydroxyl groups is 1. The number of hydrogen-bond acceptors (Lipinski definition) is 11. The molecule has 0 aromatic carbocycles. The maximum Gasteiger partial charge on any atom is 0.312 e. The summed E-state index contributed by atoms with van der Waals surface area (Å²) in [4.78, 5) is 63.8. The number of carbonyl (C=O) groups is 5. The second-order valence-corrected chi connectivity index (χ2v) is 12.3. The van der Waals surface area contributed by atoms with Crippen LogP contribution in [0.4, 0.5) is 0 Å². The van der Waals surface area contributed by atoms with Gasteiger partial charge in [0.1, 0.15) is 29.7 Å². The maximum atomic E-state index is 13.7. The molecule has 2 aliphatic carbocycles. The van der Waals surface area contributed by atoms with Gasteiger partial charge in [-0.3, -0.25) is 24.0 Å². The van der Waals surface area contributed by atoms with Crippen molar-refractivity contribution in [3.63, 3.8) is 0 Å². The molecule has 1 N–H and O–H groups in total. The highest BCUT2D eigenvalue weighted by molar-refractivity contribution is 6.23. The van der Waals surface area contributed by atoms with E-state index in [0.29, 0.717) is 12.8 Å². The van der Waals surface area contributed by atoms with Crippen molar-refractivity contribution < 1.29 is 52.8 Å². The van der Waals surface area contributed by atoms with Crippen LogP contribution in [-0.2, 0) is 47.7 Å². The van der Waals surface area contributed by atoms with Crippen LogP contribution in [0.2, 0.25) is 0 Å². The summed E-state index contributed by atoms with van der Waals surface area (Å²) in [6, 6.07) is 0. The lowest BCUT2D eigenvalue weighted by Crippen LogP contribution is -2.69. The molecule has 0 aromatic rings. The van der Waals surface area contributed by atoms with Crippen LogP contribution in [0, 0.1) is 23.2 Å². The number of halogens is 1. The Morgan fingerprint density at radius 2 is 1.57 bits per heavy atom. The van der Waals surface area contributed by atoms with E-state index in [1.54, 1.807) is 6.92 Å². The lowest BCUT2D eigenvalue weighted by Gasteiger charge is -2.57. The highest BCUT2D eigenvalue weighted by Crippen LogP contribution is 2.64. The fourth-order valence-electron chi connectivity index (χ4n) is 7.48. The summed E-state index contributed by atoms with van der Waals surface area (Å²) in [5, 5.41) is 11.3. The molecule has 2 heterocycles. The zero-order valence-electron chi connectivity index (χ0n) is 23.6. The summed E-state index contributed by atoms with van der Waals surface area (Å²) < 4.78 is 28.9. The highest BCUT2D eigenvalue weighted by atomic mass is 35.5. The summed E-state index contributed by atoms with van der Waals surface area (Å²) >= 11 is 6.84. The van der Waals surface area contributed by atoms with E-state index in [4.69, 9.17) is 35.3 Å². The molecule has 2 saturated carbocycles. The number of carbonyl (C=O) groups excluding carboxylic acids is 5. The molecule has 1 spiro atoms. The average molecular weight is 585 g/mol. The Morgan fingerprint density at radius 1 is 1.02 bits per heavy atom. The Labute approximate surface area is 237 Å². The third-order valence-electron chi connectivity index (χ3n) is 9.37. The van der Waals surface area contributed by atoms with Gasteiger partial charge in [0.05, 0.1) is 29.4 Å². The van der Waals surface area contributed by atoms with Crippen LogP contribution >= 0.6 is 11.6 Å². The number of alkyl halides is 1.